The largest absolute Gasteiger partial charge is 0.391 e. The molecule has 2 aromatic heterocycles. The van der Waals surface area contributed by atoms with E-state index in [1.54, 1.807) is 27.6 Å². The van der Waals surface area contributed by atoms with Crippen molar-refractivity contribution in [2.45, 2.75) is 44.8 Å². The van der Waals surface area contributed by atoms with Crippen LogP contribution >= 0.6 is 0 Å². The minimum atomic E-state index is -3.54. The van der Waals surface area contributed by atoms with E-state index < -0.39 is 10.0 Å². The van der Waals surface area contributed by atoms with Gasteiger partial charge in [0.15, 0.2) is 5.65 Å². The number of carbonyl (C=O) groups is 1. The second-order valence-electron chi connectivity index (χ2n) is 9.48. The molecule has 1 amide bonds. The van der Waals surface area contributed by atoms with Crippen LogP contribution < -0.4 is 9.62 Å². The molecule has 2 fully saturated rings. The molecule has 11 heteroatoms. The van der Waals surface area contributed by atoms with Crippen LogP contribution in [0.1, 0.15) is 53.3 Å². The summed E-state index contributed by atoms with van der Waals surface area (Å²) in [5.74, 6) is 0.578. The van der Waals surface area contributed by atoms with Crippen LogP contribution in [0.5, 0.6) is 0 Å². The first kappa shape index (κ1) is 23.6. The van der Waals surface area contributed by atoms with Gasteiger partial charge in [-0.3, -0.25) is 9.52 Å². The van der Waals surface area contributed by atoms with Gasteiger partial charge in [-0.1, -0.05) is 11.6 Å². The molecule has 186 valence electrons. The number of fused-ring (bicyclic) bond motifs is 1. The molecule has 35 heavy (non-hydrogen) atoms. The first-order valence-corrected chi connectivity index (χ1v) is 13.8. The number of aryl methyl sites for hydroxylation is 1. The Morgan fingerprint density at radius 1 is 1.14 bits per heavy atom. The molecule has 1 aromatic carbocycles. The van der Waals surface area contributed by atoms with Crippen molar-refractivity contribution in [3.8, 4) is 0 Å². The number of benzene rings is 1. The molecule has 0 aliphatic carbocycles. The van der Waals surface area contributed by atoms with Gasteiger partial charge < -0.3 is 14.9 Å². The summed E-state index contributed by atoms with van der Waals surface area (Å²) in [4.78, 5) is 22.3. The highest BCUT2D eigenvalue weighted by atomic mass is 32.2. The van der Waals surface area contributed by atoms with Gasteiger partial charge in [-0.25, -0.2) is 17.9 Å². The van der Waals surface area contributed by atoms with Gasteiger partial charge in [0.2, 0.25) is 10.0 Å². The molecule has 2 N–H and O–H groups in total. The minimum Gasteiger partial charge on any atom is -0.391 e. The molecule has 10 nitrogen and oxygen atoms in total. The van der Waals surface area contributed by atoms with Crippen LogP contribution in [0.15, 0.2) is 36.5 Å². The number of anilines is 2. The van der Waals surface area contributed by atoms with E-state index in [9.17, 15) is 18.3 Å². The zero-order valence-corrected chi connectivity index (χ0v) is 20.7. The number of rotatable bonds is 5. The summed E-state index contributed by atoms with van der Waals surface area (Å²) in [6, 6.07) is 8.71. The third-order valence-corrected chi connectivity index (χ3v) is 7.21. The Balaban J connectivity index is 1.46. The zero-order valence-electron chi connectivity index (χ0n) is 19.9. The highest BCUT2D eigenvalue weighted by Gasteiger charge is 2.32. The van der Waals surface area contributed by atoms with E-state index >= 15 is 0 Å². The average molecular weight is 499 g/mol. The molecular formula is C24H30N6O4S. The Bertz CT molecular complexity index is 1370. The molecule has 4 heterocycles. The fraction of sp³-hybridized carbons (Fsp3) is 0.458. The Labute approximate surface area is 204 Å². The number of carbonyl (C=O) groups excluding carboxylic acids is 1. The molecule has 2 aliphatic heterocycles. The maximum atomic E-state index is 13.7. The van der Waals surface area contributed by atoms with Crippen molar-refractivity contribution in [1.29, 1.82) is 0 Å². The topological polar surface area (TPSA) is 120 Å². The van der Waals surface area contributed by atoms with E-state index in [1.807, 2.05) is 25.3 Å². The summed E-state index contributed by atoms with van der Waals surface area (Å²) in [7, 11) is -3.54. The van der Waals surface area contributed by atoms with Crippen molar-refractivity contribution in [2.75, 3.05) is 35.5 Å². The Hall–Kier alpha value is -3.18. The number of sulfonamides is 1. The standard InChI is InChI=1S/C24H30N6O4S/c1-16-6-7-19(27-35(2,33)34)18(13-16)24(32)29-10-4-3-5-21(29)20-14-23-25-22(9-12-30(23)26-20)28-11-8-17(31)15-28/h6-7,9,12-14,17,21,27,31H,3-5,8,10-11,15H2,1-2H3/t17-,21+/m1/s1. The van der Waals surface area contributed by atoms with Crippen LogP contribution in [0.25, 0.3) is 5.65 Å². The normalized spacial score (nSPS) is 21.0. The molecule has 0 saturated carbocycles. The van der Waals surface area contributed by atoms with Crippen LogP contribution in [0.3, 0.4) is 0 Å². The van der Waals surface area contributed by atoms with Crippen LogP contribution in [0, 0.1) is 6.92 Å². The Kier molecular flexibility index (Phi) is 6.14. The highest BCUT2D eigenvalue weighted by molar-refractivity contribution is 7.92. The van der Waals surface area contributed by atoms with Crippen molar-refractivity contribution in [2.24, 2.45) is 0 Å². The van der Waals surface area contributed by atoms with Gasteiger partial charge >= 0.3 is 0 Å². The van der Waals surface area contributed by atoms with Crippen molar-refractivity contribution in [1.82, 2.24) is 19.5 Å². The van der Waals surface area contributed by atoms with Crippen LogP contribution in [-0.2, 0) is 10.0 Å². The van der Waals surface area contributed by atoms with Gasteiger partial charge in [0.05, 0.1) is 35.3 Å². The lowest BCUT2D eigenvalue weighted by Gasteiger charge is -2.35. The van der Waals surface area contributed by atoms with E-state index in [1.165, 1.54) is 0 Å². The van der Waals surface area contributed by atoms with E-state index in [4.69, 9.17) is 10.1 Å². The maximum Gasteiger partial charge on any atom is 0.256 e. The summed E-state index contributed by atoms with van der Waals surface area (Å²) in [6.07, 6.45) is 5.93. The van der Waals surface area contributed by atoms with Crippen LogP contribution in [-0.4, -0.2) is 70.9 Å². The Morgan fingerprint density at radius 3 is 2.71 bits per heavy atom. The van der Waals surface area contributed by atoms with E-state index in [2.05, 4.69) is 9.62 Å². The maximum absolute atomic E-state index is 13.7. The lowest BCUT2D eigenvalue weighted by Crippen LogP contribution is -2.39. The molecule has 2 saturated heterocycles. The average Bonchev–Trinajstić information content (AvgIpc) is 3.44. The summed E-state index contributed by atoms with van der Waals surface area (Å²) in [6.45, 7) is 3.76. The van der Waals surface area contributed by atoms with Gasteiger partial charge in [0, 0.05) is 31.9 Å². The quantitative estimate of drug-likeness (QED) is 0.554. The third kappa shape index (κ3) is 4.96. The number of nitrogens with zero attached hydrogens (tertiary/aromatic N) is 5. The fourth-order valence-electron chi connectivity index (χ4n) is 4.94. The SMILES string of the molecule is Cc1ccc(NS(C)(=O)=O)c(C(=O)N2CCCC[C@H]2c2cc3nc(N4CC[C@@H](O)C4)ccn3n2)c1. The van der Waals surface area contributed by atoms with E-state index in [0.29, 0.717) is 24.3 Å². The molecule has 5 rings (SSSR count). The second kappa shape index (κ2) is 9.12. The van der Waals surface area contributed by atoms with Gasteiger partial charge in [-0.15, -0.1) is 0 Å². The molecule has 0 spiro atoms. The number of hydrogen-bond acceptors (Lipinski definition) is 7. The number of hydrogen-bond donors (Lipinski definition) is 2. The number of aliphatic hydroxyl groups is 1. The molecule has 0 unspecified atom stereocenters. The number of aromatic nitrogens is 3. The first-order chi connectivity index (χ1) is 16.7. The van der Waals surface area contributed by atoms with Gasteiger partial charge in [0.1, 0.15) is 5.82 Å². The van der Waals surface area contributed by atoms with Crippen molar-refractivity contribution in [3.63, 3.8) is 0 Å². The van der Waals surface area contributed by atoms with Gasteiger partial charge in [0.25, 0.3) is 5.91 Å². The van der Waals surface area contributed by atoms with Crippen molar-refractivity contribution < 1.29 is 18.3 Å². The predicted molar refractivity (Wildman–Crippen MR) is 133 cm³/mol. The molecule has 0 bridgehead atoms. The number of nitrogens with one attached hydrogen (secondary N) is 1. The van der Waals surface area contributed by atoms with Crippen molar-refractivity contribution in [3.05, 3.63) is 53.3 Å². The summed E-state index contributed by atoms with van der Waals surface area (Å²) < 4.78 is 28.0. The second-order valence-corrected chi connectivity index (χ2v) is 11.2. The van der Waals surface area contributed by atoms with Crippen molar-refractivity contribution >= 4 is 33.1 Å². The Morgan fingerprint density at radius 2 is 1.97 bits per heavy atom. The predicted octanol–water partition coefficient (Wildman–Crippen LogP) is 2.35. The summed E-state index contributed by atoms with van der Waals surface area (Å²) >= 11 is 0. The van der Waals surface area contributed by atoms with Crippen LogP contribution in [0.2, 0.25) is 0 Å². The summed E-state index contributed by atoms with van der Waals surface area (Å²) in [5, 5.41) is 14.6. The minimum absolute atomic E-state index is 0.221. The van der Waals surface area contributed by atoms with E-state index in [0.717, 1.165) is 55.6 Å². The fourth-order valence-corrected chi connectivity index (χ4v) is 5.51. The number of amides is 1. The monoisotopic (exact) mass is 498 g/mol. The lowest BCUT2D eigenvalue weighted by molar-refractivity contribution is 0.0606. The number of piperidine rings is 1. The number of likely N-dealkylation sites (tertiary alicyclic amines) is 1. The van der Waals surface area contributed by atoms with Crippen LogP contribution in [0.4, 0.5) is 11.5 Å². The van der Waals surface area contributed by atoms with E-state index in [-0.39, 0.29) is 23.7 Å². The molecular weight excluding hydrogens is 468 g/mol. The lowest BCUT2D eigenvalue weighted by atomic mass is 9.97. The summed E-state index contributed by atoms with van der Waals surface area (Å²) in [5.41, 5.74) is 2.93. The molecule has 2 atom stereocenters. The molecule has 2 aliphatic rings. The van der Waals surface area contributed by atoms with Gasteiger partial charge in [-0.05, 0) is 50.8 Å². The smallest absolute Gasteiger partial charge is 0.256 e. The van der Waals surface area contributed by atoms with Gasteiger partial charge in [-0.2, -0.15) is 5.10 Å². The number of β-amino-alcohol motifs (C(OH)–C–C–N with tert-alkyl or cyclic N) is 1. The first-order valence-electron chi connectivity index (χ1n) is 11.9. The molecule has 0 radical (unpaired) electrons. The molecule has 3 aromatic rings. The third-order valence-electron chi connectivity index (χ3n) is 6.62. The number of aliphatic hydroxyl groups excluding tert-OH is 1. The zero-order chi connectivity index (χ0) is 24.7. The highest BCUT2D eigenvalue weighted by Crippen LogP contribution is 2.33.